The van der Waals surface area contributed by atoms with Crippen molar-refractivity contribution in [2.75, 3.05) is 20.2 Å². The lowest BCUT2D eigenvalue weighted by atomic mass is 10.0. The Hall–Kier alpha value is -2.07. The zero-order valence-corrected chi connectivity index (χ0v) is 16.6. The van der Waals surface area contributed by atoms with Crippen LogP contribution in [0.5, 0.6) is 5.75 Å². The van der Waals surface area contributed by atoms with Gasteiger partial charge in [0.15, 0.2) is 0 Å². The van der Waals surface area contributed by atoms with Crippen LogP contribution in [0.1, 0.15) is 19.3 Å². The average molecular weight is 411 g/mol. The van der Waals surface area contributed by atoms with Crippen molar-refractivity contribution in [3.63, 3.8) is 0 Å². The zero-order chi connectivity index (χ0) is 19.9. The van der Waals surface area contributed by atoms with Crippen LogP contribution in [0.25, 0.3) is 0 Å². The molecule has 1 aromatic rings. The summed E-state index contributed by atoms with van der Waals surface area (Å²) in [6.07, 6.45) is 6.67. The molecule has 1 aromatic carbocycles. The van der Waals surface area contributed by atoms with Gasteiger partial charge in [0.25, 0.3) is 0 Å². The van der Waals surface area contributed by atoms with Gasteiger partial charge in [0.2, 0.25) is 15.9 Å². The maximum absolute atomic E-state index is 13.0. The number of carbonyl (C=O) groups is 1. The fourth-order valence-electron chi connectivity index (χ4n) is 2.58. The molecule has 0 fully saturated rings. The fraction of sp³-hybridized carbons (Fsp3) is 0.333. The summed E-state index contributed by atoms with van der Waals surface area (Å²) in [5, 5.41) is 8.68. The minimum Gasteiger partial charge on any atom is -0.497 e. The number of nitrogens with zero attached hydrogens (tertiary/aromatic N) is 1. The van der Waals surface area contributed by atoms with Crippen LogP contribution in [0.3, 0.4) is 0 Å². The number of hydrogen-bond donors (Lipinski definition) is 2. The number of hydroxylamine groups is 1. The van der Waals surface area contributed by atoms with Gasteiger partial charge in [-0.3, -0.25) is 10.0 Å². The number of benzene rings is 1. The maximum Gasteiger partial charge on any atom is 0.244 e. The second kappa shape index (κ2) is 9.75. The molecule has 0 aromatic heterocycles. The van der Waals surface area contributed by atoms with E-state index < -0.39 is 15.9 Å². The molecule has 9 heteroatoms. The van der Waals surface area contributed by atoms with Crippen molar-refractivity contribution < 1.29 is 23.2 Å². The van der Waals surface area contributed by atoms with Crippen molar-refractivity contribution in [1.29, 1.82) is 0 Å². The molecule has 0 saturated carbocycles. The number of carbonyl (C=O) groups excluding carboxylic acids is 1. The standard InChI is InChI=1S/C18H22N2O5S2/c1-25-15-6-8-16(9-7-15)27(23,24)20(13-11-18(21)19-22)12-10-14-4-2-3-5-17(14)26/h2-4,6-9,22H,5,10-13H2,1H3,(H,19,21). The van der Waals surface area contributed by atoms with Gasteiger partial charge in [-0.1, -0.05) is 30.4 Å². The predicted molar refractivity (Wildman–Crippen MR) is 105 cm³/mol. The van der Waals surface area contributed by atoms with Crippen molar-refractivity contribution >= 4 is 33.0 Å². The molecule has 27 heavy (non-hydrogen) atoms. The lowest BCUT2D eigenvalue weighted by Crippen LogP contribution is -2.36. The molecular weight excluding hydrogens is 388 g/mol. The van der Waals surface area contributed by atoms with Gasteiger partial charge in [0, 0.05) is 30.8 Å². The summed E-state index contributed by atoms with van der Waals surface area (Å²) in [4.78, 5) is 12.3. The normalized spacial score (nSPS) is 14.2. The number of ether oxygens (including phenoxy) is 1. The van der Waals surface area contributed by atoms with Gasteiger partial charge >= 0.3 is 0 Å². The van der Waals surface area contributed by atoms with E-state index in [-0.39, 0.29) is 24.4 Å². The first-order valence-corrected chi connectivity index (χ1v) is 10.2. The van der Waals surface area contributed by atoms with E-state index in [2.05, 4.69) is 0 Å². The number of amides is 1. The Bertz CT molecular complexity index is 845. The first-order valence-electron chi connectivity index (χ1n) is 8.34. The Morgan fingerprint density at radius 1 is 1.30 bits per heavy atom. The van der Waals surface area contributed by atoms with Crippen LogP contribution in [0, 0.1) is 0 Å². The Labute approximate surface area is 164 Å². The van der Waals surface area contributed by atoms with Gasteiger partial charge in [-0.15, -0.1) is 0 Å². The molecule has 0 aliphatic heterocycles. The van der Waals surface area contributed by atoms with Crippen LogP contribution in [0.15, 0.2) is 53.0 Å². The van der Waals surface area contributed by atoms with Crippen LogP contribution in [-0.4, -0.2) is 48.9 Å². The van der Waals surface area contributed by atoms with Crippen molar-refractivity contribution in [3.8, 4) is 5.75 Å². The van der Waals surface area contributed by atoms with Crippen LogP contribution in [-0.2, 0) is 14.8 Å². The lowest BCUT2D eigenvalue weighted by Gasteiger charge is -2.23. The van der Waals surface area contributed by atoms with Crippen molar-refractivity contribution in [2.45, 2.75) is 24.2 Å². The molecule has 0 heterocycles. The highest BCUT2D eigenvalue weighted by Crippen LogP contribution is 2.22. The Morgan fingerprint density at radius 3 is 2.59 bits per heavy atom. The van der Waals surface area contributed by atoms with E-state index in [4.69, 9.17) is 22.2 Å². The van der Waals surface area contributed by atoms with Crippen molar-refractivity contribution in [2.24, 2.45) is 0 Å². The van der Waals surface area contributed by atoms with Gasteiger partial charge in [-0.05, 0) is 36.3 Å². The first kappa shape index (κ1) is 21.2. The molecule has 2 N–H and O–H groups in total. The van der Waals surface area contributed by atoms with Gasteiger partial charge in [0.05, 0.1) is 12.0 Å². The number of methoxy groups -OCH3 is 1. The highest BCUT2D eigenvalue weighted by molar-refractivity contribution is 7.89. The summed E-state index contributed by atoms with van der Waals surface area (Å²) in [7, 11) is -2.32. The number of sulfonamides is 1. The summed E-state index contributed by atoms with van der Waals surface area (Å²) in [6, 6.07) is 6.05. The first-order chi connectivity index (χ1) is 12.9. The zero-order valence-electron chi connectivity index (χ0n) is 14.9. The Balaban J connectivity index is 2.21. The summed E-state index contributed by atoms with van der Waals surface area (Å²) in [6.45, 7) is 0.115. The summed E-state index contributed by atoms with van der Waals surface area (Å²) >= 11 is 5.32. The molecule has 0 unspecified atom stereocenters. The SMILES string of the molecule is COc1ccc(S(=O)(=O)N(CCC(=O)NO)CCC2=CC=CCC2=S)cc1. The monoisotopic (exact) mass is 410 g/mol. The third-order valence-corrected chi connectivity index (χ3v) is 6.48. The minimum absolute atomic E-state index is 0.0589. The van der Waals surface area contributed by atoms with E-state index in [1.165, 1.54) is 29.0 Å². The number of allylic oxidation sites excluding steroid dienone is 3. The molecule has 1 aliphatic carbocycles. The second-order valence-electron chi connectivity index (χ2n) is 5.86. The van der Waals surface area contributed by atoms with E-state index in [9.17, 15) is 13.2 Å². The molecule has 146 valence electrons. The number of rotatable bonds is 9. The smallest absolute Gasteiger partial charge is 0.244 e. The van der Waals surface area contributed by atoms with Crippen molar-refractivity contribution in [3.05, 3.63) is 48.1 Å². The minimum atomic E-state index is -3.82. The number of nitrogens with one attached hydrogen (secondary N) is 1. The molecule has 2 rings (SSSR count). The highest BCUT2D eigenvalue weighted by atomic mass is 32.2. The molecule has 0 saturated heterocycles. The van der Waals surface area contributed by atoms with Gasteiger partial charge in [-0.25, -0.2) is 13.9 Å². The molecule has 0 radical (unpaired) electrons. The summed E-state index contributed by atoms with van der Waals surface area (Å²) in [5.74, 6) is -0.107. The van der Waals surface area contributed by atoms with Crippen LogP contribution in [0.2, 0.25) is 0 Å². The van der Waals surface area contributed by atoms with E-state index in [1.54, 1.807) is 12.1 Å². The molecule has 1 amide bonds. The topological polar surface area (TPSA) is 95.9 Å². The molecule has 0 spiro atoms. The summed E-state index contributed by atoms with van der Waals surface area (Å²) < 4.78 is 32.3. The fourth-order valence-corrected chi connectivity index (χ4v) is 4.29. The molecule has 1 aliphatic rings. The third-order valence-electron chi connectivity index (χ3n) is 4.14. The number of hydrogen-bond acceptors (Lipinski definition) is 6. The quantitative estimate of drug-likeness (QED) is 0.368. The van der Waals surface area contributed by atoms with E-state index >= 15 is 0 Å². The predicted octanol–water partition coefficient (Wildman–Crippen LogP) is 2.23. The Kier molecular flexibility index (Phi) is 7.66. The van der Waals surface area contributed by atoms with Crippen LogP contribution >= 0.6 is 12.2 Å². The van der Waals surface area contributed by atoms with Gasteiger partial charge in [0.1, 0.15) is 5.75 Å². The molecule has 0 atom stereocenters. The average Bonchev–Trinajstić information content (AvgIpc) is 2.68. The van der Waals surface area contributed by atoms with Gasteiger partial charge in [-0.2, -0.15) is 4.31 Å². The van der Waals surface area contributed by atoms with Crippen molar-refractivity contribution in [1.82, 2.24) is 9.79 Å². The van der Waals surface area contributed by atoms with Gasteiger partial charge < -0.3 is 4.74 Å². The van der Waals surface area contributed by atoms with Crippen LogP contribution in [0.4, 0.5) is 0 Å². The highest BCUT2D eigenvalue weighted by Gasteiger charge is 2.25. The number of thiocarbonyl (C=S) groups is 1. The van der Waals surface area contributed by atoms with Crippen LogP contribution < -0.4 is 10.2 Å². The Morgan fingerprint density at radius 2 is 2.00 bits per heavy atom. The third kappa shape index (κ3) is 5.70. The summed E-state index contributed by atoms with van der Waals surface area (Å²) in [5.41, 5.74) is 2.43. The van der Waals surface area contributed by atoms with E-state index in [0.29, 0.717) is 18.6 Å². The molecule has 7 nitrogen and oxygen atoms in total. The molecular formula is C18H22N2O5S2. The second-order valence-corrected chi connectivity index (χ2v) is 8.29. The molecule has 0 bridgehead atoms. The van der Waals surface area contributed by atoms with E-state index in [1.807, 2.05) is 18.2 Å². The lowest BCUT2D eigenvalue weighted by molar-refractivity contribution is -0.129. The largest absolute Gasteiger partial charge is 0.497 e. The van der Waals surface area contributed by atoms with E-state index in [0.717, 1.165) is 10.4 Å². The maximum atomic E-state index is 13.0.